The number of rotatable bonds is 12. The number of carbonyl (C=O) groups is 3. The van der Waals surface area contributed by atoms with Crippen LogP contribution in [0.25, 0.3) is 5.76 Å². The van der Waals surface area contributed by atoms with Crippen LogP contribution in [-0.4, -0.2) is 47.6 Å². The van der Waals surface area contributed by atoms with Crippen molar-refractivity contribution in [2.45, 2.75) is 39.7 Å². The number of amides is 1. The molecule has 4 rings (SSSR count). The minimum atomic E-state index is -1.02. The van der Waals surface area contributed by atoms with Crippen LogP contribution in [0.3, 0.4) is 0 Å². The minimum absolute atomic E-state index is 0.0174. The zero-order valence-electron chi connectivity index (χ0n) is 23.2. The third kappa shape index (κ3) is 6.33. The van der Waals surface area contributed by atoms with Crippen LogP contribution in [-0.2, 0) is 14.3 Å². The highest BCUT2D eigenvalue weighted by Crippen LogP contribution is 2.44. The summed E-state index contributed by atoms with van der Waals surface area (Å²) in [7, 11) is 0. The number of aryl methyl sites for hydroxylation is 1. The number of hydrogen-bond acceptors (Lipinski definition) is 9. The van der Waals surface area contributed by atoms with Gasteiger partial charge in [0.1, 0.15) is 28.7 Å². The molecule has 0 spiro atoms. The van der Waals surface area contributed by atoms with Crippen molar-refractivity contribution in [2.24, 2.45) is 0 Å². The van der Waals surface area contributed by atoms with Crippen LogP contribution in [0.15, 0.2) is 66.8 Å². The van der Waals surface area contributed by atoms with E-state index in [2.05, 4.69) is 11.6 Å². The van der Waals surface area contributed by atoms with Crippen molar-refractivity contribution < 1.29 is 33.7 Å². The van der Waals surface area contributed by atoms with Crippen molar-refractivity contribution in [2.75, 3.05) is 24.7 Å². The van der Waals surface area contributed by atoms with Gasteiger partial charge in [-0.25, -0.2) is 9.78 Å². The number of aliphatic hydroxyl groups is 1. The van der Waals surface area contributed by atoms with Gasteiger partial charge in [-0.15, -0.1) is 0 Å². The molecule has 214 valence electrons. The number of thiazole rings is 1. The molecule has 1 atom stereocenters. The van der Waals surface area contributed by atoms with Crippen molar-refractivity contribution in [1.29, 1.82) is 0 Å². The van der Waals surface area contributed by atoms with E-state index in [1.54, 1.807) is 55.5 Å². The maximum absolute atomic E-state index is 13.5. The van der Waals surface area contributed by atoms with Gasteiger partial charge in [0.15, 0.2) is 5.13 Å². The van der Waals surface area contributed by atoms with Crippen LogP contribution in [0, 0.1) is 6.92 Å². The van der Waals surface area contributed by atoms with E-state index < -0.39 is 23.7 Å². The van der Waals surface area contributed by atoms with Gasteiger partial charge in [0.05, 0.1) is 30.5 Å². The van der Waals surface area contributed by atoms with Crippen LogP contribution in [0.5, 0.6) is 11.5 Å². The van der Waals surface area contributed by atoms with Crippen LogP contribution in [0.1, 0.15) is 59.2 Å². The zero-order valence-corrected chi connectivity index (χ0v) is 24.0. The fourth-order valence-electron chi connectivity index (χ4n) is 4.29. The molecule has 9 nitrogen and oxygen atoms in total. The van der Waals surface area contributed by atoms with Crippen molar-refractivity contribution in [3.8, 4) is 11.5 Å². The third-order valence-electron chi connectivity index (χ3n) is 6.20. The summed E-state index contributed by atoms with van der Waals surface area (Å²) in [5.41, 5.74) is 1.13. The number of esters is 1. The summed E-state index contributed by atoms with van der Waals surface area (Å²) in [4.78, 5) is 45.5. The summed E-state index contributed by atoms with van der Waals surface area (Å²) in [6.45, 7) is 10.2. The molecule has 0 radical (unpaired) electrons. The van der Waals surface area contributed by atoms with Gasteiger partial charge < -0.3 is 19.3 Å². The molecule has 1 fully saturated rings. The first-order chi connectivity index (χ1) is 19.8. The number of nitrogens with zero attached hydrogens (tertiary/aromatic N) is 2. The highest BCUT2D eigenvalue weighted by molar-refractivity contribution is 7.17. The number of aliphatic hydroxyl groups excluding tert-OH is 1. The molecule has 41 heavy (non-hydrogen) atoms. The molecule has 1 aromatic heterocycles. The Balaban J connectivity index is 1.84. The number of hydrogen-bond donors (Lipinski definition) is 1. The summed E-state index contributed by atoms with van der Waals surface area (Å²) in [6, 6.07) is 12.7. The van der Waals surface area contributed by atoms with E-state index in [1.165, 1.54) is 11.0 Å². The van der Waals surface area contributed by atoms with Gasteiger partial charge in [-0.2, -0.15) is 0 Å². The molecule has 10 heteroatoms. The molecule has 1 aliphatic rings. The van der Waals surface area contributed by atoms with Crippen molar-refractivity contribution in [3.63, 3.8) is 0 Å². The molecule has 3 aromatic rings. The molecule has 1 amide bonds. The van der Waals surface area contributed by atoms with Gasteiger partial charge in [0, 0.05) is 5.56 Å². The summed E-state index contributed by atoms with van der Waals surface area (Å²) in [6.07, 6.45) is 3.09. The Bertz CT molecular complexity index is 1480. The van der Waals surface area contributed by atoms with E-state index in [-0.39, 0.29) is 27.9 Å². The molecular weight excluding hydrogens is 544 g/mol. The topological polar surface area (TPSA) is 115 Å². The number of carbonyl (C=O) groups excluding carboxylic acids is 3. The molecule has 1 N–H and O–H groups in total. The number of Topliss-reactive ketones (excluding diaryl/α,β-unsaturated/α-hetero) is 1. The lowest BCUT2D eigenvalue weighted by molar-refractivity contribution is -0.132. The largest absolute Gasteiger partial charge is 0.507 e. The van der Waals surface area contributed by atoms with E-state index >= 15 is 0 Å². The summed E-state index contributed by atoms with van der Waals surface area (Å²) >= 11 is 0.939. The molecule has 1 unspecified atom stereocenters. The number of aromatic nitrogens is 1. The Morgan fingerprint density at radius 2 is 1.76 bits per heavy atom. The van der Waals surface area contributed by atoms with Gasteiger partial charge in [0.2, 0.25) is 0 Å². The van der Waals surface area contributed by atoms with Gasteiger partial charge in [-0.05, 0) is 49.6 Å². The van der Waals surface area contributed by atoms with Crippen LogP contribution in [0.4, 0.5) is 5.13 Å². The van der Waals surface area contributed by atoms with Crippen molar-refractivity contribution >= 4 is 39.9 Å². The smallest absolute Gasteiger partial charge is 0.350 e. The lowest BCUT2D eigenvalue weighted by Crippen LogP contribution is -2.29. The maximum Gasteiger partial charge on any atom is 0.350 e. The molecule has 0 aliphatic carbocycles. The first-order valence-corrected chi connectivity index (χ1v) is 14.1. The Kier molecular flexibility index (Phi) is 9.57. The number of anilines is 1. The molecule has 1 aliphatic heterocycles. The molecule has 0 saturated carbocycles. The standard InChI is InChI=1S/C31H32N2O7S/c1-5-15-38-22-13-11-20(12-14-22)25-24(26(34)21-9-8-10-23(18-21)39-16-6-2)27(35)29(36)33(25)31-32-19(4)28(41-31)30(37)40-17-7-3/h7-14,18,25,34H,3,5-6,15-17H2,1-2,4H3. The van der Waals surface area contributed by atoms with Gasteiger partial charge in [-0.1, -0.05) is 62.1 Å². The van der Waals surface area contributed by atoms with Gasteiger partial charge in [-0.3, -0.25) is 14.5 Å². The molecule has 0 bridgehead atoms. The highest BCUT2D eigenvalue weighted by atomic mass is 32.1. The average Bonchev–Trinajstić information content (AvgIpc) is 3.49. The van der Waals surface area contributed by atoms with Gasteiger partial charge in [0.25, 0.3) is 5.78 Å². The lowest BCUT2D eigenvalue weighted by Gasteiger charge is -2.23. The first kappa shape index (κ1) is 29.5. The van der Waals surface area contributed by atoms with E-state index in [0.717, 1.165) is 24.2 Å². The predicted octanol–water partition coefficient (Wildman–Crippen LogP) is 6.00. The fourth-order valence-corrected chi connectivity index (χ4v) is 5.28. The quantitative estimate of drug-likeness (QED) is 0.0918. The number of benzene rings is 2. The van der Waals surface area contributed by atoms with Crippen molar-refractivity contribution in [1.82, 2.24) is 4.98 Å². The zero-order chi connectivity index (χ0) is 29.5. The van der Waals surface area contributed by atoms with Gasteiger partial charge >= 0.3 is 11.9 Å². The number of ether oxygens (including phenoxy) is 3. The second-order valence-corrected chi connectivity index (χ2v) is 10.2. The SMILES string of the molecule is C=CCOC(=O)c1sc(N2C(=O)C(=O)C(=C(O)c3cccc(OCCC)c3)C2c2ccc(OCCC)cc2)nc1C. The van der Waals surface area contributed by atoms with E-state index in [0.29, 0.717) is 41.5 Å². The fraction of sp³-hybridized carbons (Fsp3) is 0.290. The second kappa shape index (κ2) is 13.3. The molecule has 2 heterocycles. The average molecular weight is 577 g/mol. The summed E-state index contributed by atoms with van der Waals surface area (Å²) in [5.74, 6) is -1.55. The Hall–Kier alpha value is -4.44. The Morgan fingerprint density at radius 1 is 1.07 bits per heavy atom. The van der Waals surface area contributed by atoms with Crippen LogP contribution >= 0.6 is 11.3 Å². The first-order valence-electron chi connectivity index (χ1n) is 13.3. The van der Waals surface area contributed by atoms with Crippen molar-refractivity contribution in [3.05, 3.63) is 88.5 Å². The van der Waals surface area contributed by atoms with E-state index in [9.17, 15) is 19.5 Å². The molecule has 2 aromatic carbocycles. The number of ketones is 1. The predicted molar refractivity (Wildman–Crippen MR) is 157 cm³/mol. The Labute approximate surface area is 242 Å². The third-order valence-corrected chi connectivity index (χ3v) is 7.34. The maximum atomic E-state index is 13.5. The monoisotopic (exact) mass is 576 g/mol. The van der Waals surface area contributed by atoms with Crippen LogP contribution in [0.2, 0.25) is 0 Å². The summed E-state index contributed by atoms with van der Waals surface area (Å²) in [5, 5.41) is 11.6. The summed E-state index contributed by atoms with van der Waals surface area (Å²) < 4.78 is 16.6. The normalized spacial score (nSPS) is 16.1. The lowest BCUT2D eigenvalue weighted by atomic mass is 9.95. The Morgan fingerprint density at radius 3 is 2.41 bits per heavy atom. The molecule has 1 saturated heterocycles. The highest BCUT2D eigenvalue weighted by Gasteiger charge is 2.48. The van der Waals surface area contributed by atoms with E-state index in [1.807, 2.05) is 13.8 Å². The molecular formula is C31H32N2O7S. The minimum Gasteiger partial charge on any atom is -0.507 e. The van der Waals surface area contributed by atoms with E-state index in [4.69, 9.17) is 14.2 Å². The van der Waals surface area contributed by atoms with Crippen LogP contribution < -0.4 is 14.4 Å². The second-order valence-electron chi connectivity index (χ2n) is 9.26.